The summed E-state index contributed by atoms with van der Waals surface area (Å²) in [4.78, 5) is 0. The fourth-order valence-corrected chi connectivity index (χ4v) is 2.41. The van der Waals surface area contributed by atoms with E-state index in [1.807, 2.05) is 42.5 Å². The Morgan fingerprint density at radius 3 is 2.37 bits per heavy atom. The van der Waals surface area contributed by atoms with Gasteiger partial charge in [-0.3, -0.25) is 0 Å². The maximum Gasteiger partial charge on any atom is 0.0556 e. The Bertz CT molecular complexity index is 501. The summed E-state index contributed by atoms with van der Waals surface area (Å²) in [5.74, 6) is 0. The van der Waals surface area contributed by atoms with Crippen LogP contribution in [0.25, 0.3) is 0 Å². The van der Waals surface area contributed by atoms with E-state index in [9.17, 15) is 0 Å². The van der Waals surface area contributed by atoms with Crippen LogP contribution >= 0.6 is 11.6 Å². The normalized spacial score (nSPS) is 12.3. The fourth-order valence-electron chi connectivity index (χ4n) is 2.14. The summed E-state index contributed by atoms with van der Waals surface area (Å²) in [6.45, 7) is 0.679. The quantitative estimate of drug-likeness (QED) is 0.848. The molecular weight excluding hydrogens is 258 g/mol. The van der Waals surface area contributed by atoms with Gasteiger partial charge in [0.15, 0.2) is 0 Å². The molecule has 2 aromatic carbocycles. The Morgan fingerprint density at radius 2 is 1.68 bits per heavy atom. The molecule has 2 N–H and O–H groups in total. The largest absolute Gasteiger partial charge is 0.395 e. The van der Waals surface area contributed by atoms with Gasteiger partial charge < -0.3 is 10.4 Å². The first-order valence-corrected chi connectivity index (χ1v) is 6.81. The Hall–Kier alpha value is -1.35. The molecule has 0 aliphatic rings. The first kappa shape index (κ1) is 14.1. The molecular formula is C16H18ClNO. The van der Waals surface area contributed by atoms with Crippen molar-refractivity contribution in [3.63, 3.8) is 0 Å². The molecule has 0 saturated heterocycles. The summed E-state index contributed by atoms with van der Waals surface area (Å²) >= 11 is 6.26. The zero-order valence-corrected chi connectivity index (χ0v) is 11.5. The van der Waals surface area contributed by atoms with Gasteiger partial charge in [0.1, 0.15) is 0 Å². The number of aliphatic hydroxyl groups excluding tert-OH is 1. The molecule has 2 nitrogen and oxygen atoms in total. The maximum absolute atomic E-state index is 9.00. The molecule has 0 saturated carbocycles. The van der Waals surface area contributed by atoms with Gasteiger partial charge in [0.05, 0.1) is 6.61 Å². The van der Waals surface area contributed by atoms with Crippen LogP contribution in [0.1, 0.15) is 17.2 Å². The van der Waals surface area contributed by atoms with Crippen molar-refractivity contribution >= 4 is 11.6 Å². The Labute approximate surface area is 119 Å². The number of hydrogen-bond donors (Lipinski definition) is 2. The van der Waals surface area contributed by atoms with Crippen molar-refractivity contribution in [2.24, 2.45) is 0 Å². The molecule has 2 rings (SSSR count). The van der Waals surface area contributed by atoms with Crippen molar-refractivity contribution in [3.8, 4) is 0 Å². The van der Waals surface area contributed by atoms with Crippen LogP contribution in [0.5, 0.6) is 0 Å². The van der Waals surface area contributed by atoms with Gasteiger partial charge in [0.25, 0.3) is 0 Å². The van der Waals surface area contributed by atoms with Crippen LogP contribution in [0, 0.1) is 0 Å². The summed E-state index contributed by atoms with van der Waals surface area (Å²) in [6.07, 6.45) is 0.852. The van der Waals surface area contributed by atoms with Gasteiger partial charge in [-0.25, -0.2) is 0 Å². The smallest absolute Gasteiger partial charge is 0.0556 e. The van der Waals surface area contributed by atoms with E-state index in [-0.39, 0.29) is 12.6 Å². The summed E-state index contributed by atoms with van der Waals surface area (Å²) in [5.41, 5.74) is 2.32. The average Bonchev–Trinajstić information content (AvgIpc) is 2.45. The summed E-state index contributed by atoms with van der Waals surface area (Å²) in [7, 11) is 0. The van der Waals surface area contributed by atoms with Crippen molar-refractivity contribution in [3.05, 3.63) is 70.7 Å². The molecule has 0 bridgehead atoms. The van der Waals surface area contributed by atoms with Crippen molar-refractivity contribution in [2.45, 2.75) is 12.5 Å². The molecule has 0 heterocycles. The second kappa shape index (κ2) is 7.29. The van der Waals surface area contributed by atoms with E-state index in [4.69, 9.17) is 16.7 Å². The minimum absolute atomic E-state index is 0.114. The topological polar surface area (TPSA) is 32.3 Å². The van der Waals surface area contributed by atoms with Gasteiger partial charge >= 0.3 is 0 Å². The molecule has 0 aliphatic carbocycles. The third-order valence-electron chi connectivity index (χ3n) is 3.07. The van der Waals surface area contributed by atoms with E-state index >= 15 is 0 Å². The van der Waals surface area contributed by atoms with E-state index in [2.05, 4.69) is 17.4 Å². The first-order chi connectivity index (χ1) is 9.31. The summed E-state index contributed by atoms with van der Waals surface area (Å²) in [6, 6.07) is 18.2. The summed E-state index contributed by atoms with van der Waals surface area (Å²) in [5, 5.41) is 13.1. The molecule has 0 spiro atoms. The monoisotopic (exact) mass is 275 g/mol. The first-order valence-electron chi connectivity index (χ1n) is 6.44. The molecule has 0 radical (unpaired) electrons. The van der Waals surface area contributed by atoms with Crippen LogP contribution in [-0.2, 0) is 6.42 Å². The van der Waals surface area contributed by atoms with Gasteiger partial charge in [-0.05, 0) is 23.6 Å². The lowest BCUT2D eigenvalue weighted by molar-refractivity contribution is 0.284. The molecule has 1 unspecified atom stereocenters. The minimum atomic E-state index is 0.114. The third-order valence-corrected chi connectivity index (χ3v) is 3.41. The number of halogens is 1. The standard InChI is InChI=1S/C16H18ClNO/c17-15-9-5-4-8-14(15)16(18-10-11-19)12-13-6-2-1-3-7-13/h1-9,16,18-19H,10-12H2. The van der Waals surface area contributed by atoms with E-state index in [0.717, 1.165) is 17.0 Å². The van der Waals surface area contributed by atoms with Gasteiger partial charge in [0.2, 0.25) is 0 Å². The van der Waals surface area contributed by atoms with Gasteiger partial charge in [0, 0.05) is 17.6 Å². The van der Waals surface area contributed by atoms with Gasteiger partial charge in [-0.1, -0.05) is 60.1 Å². The van der Waals surface area contributed by atoms with Crippen molar-refractivity contribution in [2.75, 3.05) is 13.2 Å². The third kappa shape index (κ3) is 4.06. The molecule has 3 heteroatoms. The van der Waals surface area contributed by atoms with Crippen LogP contribution in [0.15, 0.2) is 54.6 Å². The van der Waals surface area contributed by atoms with Crippen LogP contribution in [0.3, 0.4) is 0 Å². The molecule has 0 aliphatic heterocycles. The highest BCUT2D eigenvalue weighted by Crippen LogP contribution is 2.25. The molecule has 0 amide bonds. The predicted octanol–water partition coefficient (Wildman–Crippen LogP) is 3.21. The number of rotatable bonds is 6. The Morgan fingerprint density at radius 1 is 1.00 bits per heavy atom. The SMILES string of the molecule is OCCNC(Cc1ccccc1)c1ccccc1Cl. The molecule has 100 valence electrons. The Balaban J connectivity index is 2.19. The highest BCUT2D eigenvalue weighted by molar-refractivity contribution is 6.31. The minimum Gasteiger partial charge on any atom is -0.395 e. The van der Waals surface area contributed by atoms with Crippen molar-refractivity contribution in [1.82, 2.24) is 5.32 Å². The number of benzene rings is 2. The molecule has 0 aromatic heterocycles. The van der Waals surface area contributed by atoms with Crippen LogP contribution in [0.4, 0.5) is 0 Å². The molecule has 1 atom stereocenters. The second-order valence-corrected chi connectivity index (χ2v) is 4.85. The molecule has 2 aromatic rings. The number of nitrogens with one attached hydrogen (secondary N) is 1. The lowest BCUT2D eigenvalue weighted by atomic mass is 9.99. The second-order valence-electron chi connectivity index (χ2n) is 4.44. The van der Waals surface area contributed by atoms with Crippen LogP contribution < -0.4 is 5.32 Å². The molecule has 0 fully saturated rings. The van der Waals surface area contributed by atoms with E-state index in [0.29, 0.717) is 6.54 Å². The number of hydrogen-bond acceptors (Lipinski definition) is 2. The lowest BCUT2D eigenvalue weighted by Gasteiger charge is -2.20. The zero-order valence-electron chi connectivity index (χ0n) is 10.7. The average molecular weight is 276 g/mol. The van der Waals surface area contributed by atoms with Crippen LogP contribution in [0.2, 0.25) is 5.02 Å². The molecule has 19 heavy (non-hydrogen) atoms. The lowest BCUT2D eigenvalue weighted by Crippen LogP contribution is -2.26. The maximum atomic E-state index is 9.00. The van der Waals surface area contributed by atoms with E-state index < -0.39 is 0 Å². The van der Waals surface area contributed by atoms with Gasteiger partial charge in [-0.15, -0.1) is 0 Å². The predicted molar refractivity (Wildman–Crippen MR) is 79.4 cm³/mol. The fraction of sp³-hybridized carbons (Fsp3) is 0.250. The van der Waals surface area contributed by atoms with Crippen LogP contribution in [-0.4, -0.2) is 18.3 Å². The van der Waals surface area contributed by atoms with E-state index in [1.165, 1.54) is 5.56 Å². The summed E-state index contributed by atoms with van der Waals surface area (Å²) < 4.78 is 0. The number of aliphatic hydroxyl groups is 1. The van der Waals surface area contributed by atoms with Crippen molar-refractivity contribution in [1.29, 1.82) is 0 Å². The van der Waals surface area contributed by atoms with Crippen molar-refractivity contribution < 1.29 is 5.11 Å². The van der Waals surface area contributed by atoms with Gasteiger partial charge in [-0.2, -0.15) is 0 Å². The van der Waals surface area contributed by atoms with E-state index in [1.54, 1.807) is 0 Å². The highest BCUT2D eigenvalue weighted by atomic mass is 35.5. The highest BCUT2D eigenvalue weighted by Gasteiger charge is 2.14. The zero-order chi connectivity index (χ0) is 13.5. The Kier molecular flexibility index (Phi) is 5.40.